The van der Waals surface area contributed by atoms with Crippen LogP contribution >= 0.6 is 0 Å². The van der Waals surface area contributed by atoms with E-state index >= 15 is 0 Å². The first-order chi connectivity index (χ1) is 11.9. The first-order valence-corrected chi connectivity index (χ1v) is 9.48. The highest BCUT2D eigenvalue weighted by molar-refractivity contribution is 5.87. The zero-order valence-electron chi connectivity index (χ0n) is 15.5. The van der Waals surface area contributed by atoms with E-state index in [1.54, 1.807) is 0 Å². The van der Waals surface area contributed by atoms with Crippen LogP contribution in [0.15, 0.2) is 29.3 Å². The fourth-order valence-electron chi connectivity index (χ4n) is 4.35. The van der Waals surface area contributed by atoms with Gasteiger partial charge in [-0.1, -0.05) is 39.0 Å². The maximum atomic E-state index is 10.7. The van der Waals surface area contributed by atoms with E-state index in [2.05, 4.69) is 26.8 Å². The summed E-state index contributed by atoms with van der Waals surface area (Å²) >= 11 is 0. The number of para-hydroxylation sites is 1. The number of hydrogen-bond acceptors (Lipinski definition) is 2. The molecule has 2 aromatic rings. The van der Waals surface area contributed by atoms with E-state index in [1.807, 2.05) is 24.4 Å². The zero-order chi connectivity index (χ0) is 17.6. The Labute approximate surface area is 150 Å². The lowest BCUT2D eigenvalue weighted by atomic mass is 9.85. The molecule has 1 N–H and O–H groups in total. The summed E-state index contributed by atoms with van der Waals surface area (Å²) in [7, 11) is 0. The highest BCUT2D eigenvalue weighted by Gasteiger charge is 2.24. The predicted octanol–water partition coefficient (Wildman–Crippen LogP) is 5.42. The van der Waals surface area contributed by atoms with Gasteiger partial charge in [0.05, 0.1) is 5.69 Å². The van der Waals surface area contributed by atoms with Crippen molar-refractivity contribution >= 4 is 11.9 Å². The molecule has 2 aromatic carbocycles. The standard InChI is InChI=1S/C23H27NO/c1-23(2,3)20-12-6-9-17(22(20)25)14-24-21-18-10-4-7-15(18)13-16-8-5-11-19(16)21/h6,9,12-14,25H,4-5,7-8,10-11H2,1-3H3. The normalized spacial score (nSPS) is 16.4. The van der Waals surface area contributed by atoms with Gasteiger partial charge in [-0.15, -0.1) is 0 Å². The summed E-state index contributed by atoms with van der Waals surface area (Å²) in [5.41, 5.74) is 8.80. The van der Waals surface area contributed by atoms with Crippen LogP contribution in [-0.4, -0.2) is 11.3 Å². The van der Waals surface area contributed by atoms with Crippen molar-refractivity contribution in [3.05, 3.63) is 57.6 Å². The van der Waals surface area contributed by atoms with E-state index in [0.717, 1.165) is 24.0 Å². The van der Waals surface area contributed by atoms with Crippen molar-refractivity contribution in [2.45, 2.75) is 64.7 Å². The molecule has 2 aliphatic rings. The van der Waals surface area contributed by atoms with Crippen molar-refractivity contribution < 1.29 is 5.11 Å². The summed E-state index contributed by atoms with van der Waals surface area (Å²) in [4.78, 5) is 4.92. The molecule has 2 heteroatoms. The topological polar surface area (TPSA) is 32.6 Å². The van der Waals surface area contributed by atoms with Crippen molar-refractivity contribution in [3.63, 3.8) is 0 Å². The molecule has 25 heavy (non-hydrogen) atoms. The number of rotatable bonds is 2. The molecule has 2 nitrogen and oxygen atoms in total. The lowest BCUT2D eigenvalue weighted by molar-refractivity contribution is 0.446. The van der Waals surface area contributed by atoms with E-state index in [0.29, 0.717) is 5.75 Å². The predicted molar refractivity (Wildman–Crippen MR) is 105 cm³/mol. The van der Waals surface area contributed by atoms with Gasteiger partial charge in [0, 0.05) is 11.8 Å². The van der Waals surface area contributed by atoms with Crippen molar-refractivity contribution in [1.82, 2.24) is 0 Å². The van der Waals surface area contributed by atoms with E-state index in [1.165, 1.54) is 53.6 Å². The average Bonchev–Trinajstić information content (AvgIpc) is 3.20. The fraction of sp³-hybridized carbons (Fsp3) is 0.435. The molecule has 0 heterocycles. The minimum Gasteiger partial charge on any atom is -0.507 e. The van der Waals surface area contributed by atoms with Crippen molar-refractivity contribution in [1.29, 1.82) is 0 Å². The Hall–Kier alpha value is -2.09. The summed E-state index contributed by atoms with van der Waals surface area (Å²) < 4.78 is 0. The molecule has 0 saturated heterocycles. The van der Waals surface area contributed by atoms with Crippen molar-refractivity contribution in [2.75, 3.05) is 0 Å². The third-order valence-electron chi connectivity index (χ3n) is 5.65. The Bertz CT molecular complexity index is 823. The number of nitrogens with zero attached hydrogens (tertiary/aromatic N) is 1. The maximum Gasteiger partial charge on any atom is 0.128 e. The maximum absolute atomic E-state index is 10.7. The van der Waals surface area contributed by atoms with Crippen LogP contribution in [0.4, 0.5) is 5.69 Å². The first kappa shape index (κ1) is 16.4. The lowest BCUT2D eigenvalue weighted by Gasteiger charge is -2.21. The Balaban J connectivity index is 1.77. The summed E-state index contributed by atoms with van der Waals surface area (Å²) in [5, 5.41) is 10.7. The van der Waals surface area contributed by atoms with Gasteiger partial charge in [-0.2, -0.15) is 0 Å². The molecular weight excluding hydrogens is 306 g/mol. The number of hydrogen-bond donors (Lipinski definition) is 1. The molecular formula is C23H27NO. The lowest BCUT2D eigenvalue weighted by Crippen LogP contribution is -2.11. The molecule has 0 saturated carbocycles. The molecule has 130 valence electrons. The first-order valence-electron chi connectivity index (χ1n) is 9.48. The Kier molecular flexibility index (Phi) is 3.94. The van der Waals surface area contributed by atoms with Gasteiger partial charge in [-0.25, -0.2) is 0 Å². The molecule has 0 amide bonds. The zero-order valence-corrected chi connectivity index (χ0v) is 15.5. The van der Waals surface area contributed by atoms with Crippen LogP contribution in [0.25, 0.3) is 0 Å². The minimum absolute atomic E-state index is 0.0802. The van der Waals surface area contributed by atoms with Crippen LogP contribution in [0.2, 0.25) is 0 Å². The van der Waals surface area contributed by atoms with E-state index < -0.39 is 0 Å². The highest BCUT2D eigenvalue weighted by atomic mass is 16.3. The Morgan fingerprint density at radius 3 is 2.20 bits per heavy atom. The molecule has 2 aliphatic carbocycles. The average molecular weight is 333 g/mol. The number of benzene rings is 2. The van der Waals surface area contributed by atoms with Crippen LogP contribution in [0.3, 0.4) is 0 Å². The van der Waals surface area contributed by atoms with Gasteiger partial charge in [-0.05, 0) is 77.8 Å². The van der Waals surface area contributed by atoms with E-state index in [9.17, 15) is 5.11 Å². The van der Waals surface area contributed by atoms with Crippen LogP contribution < -0.4 is 0 Å². The minimum atomic E-state index is -0.0802. The largest absolute Gasteiger partial charge is 0.507 e. The number of aryl methyl sites for hydroxylation is 2. The number of aliphatic imine (C=N–C) groups is 1. The van der Waals surface area contributed by atoms with Gasteiger partial charge in [-0.3, -0.25) is 4.99 Å². The molecule has 0 bridgehead atoms. The number of phenols is 1. The molecule has 4 rings (SSSR count). The summed E-state index contributed by atoms with van der Waals surface area (Å²) in [6.45, 7) is 6.37. The molecule has 0 aliphatic heterocycles. The molecule has 0 atom stereocenters. The summed E-state index contributed by atoms with van der Waals surface area (Å²) in [5.74, 6) is 0.364. The second-order valence-corrected chi connectivity index (χ2v) is 8.46. The van der Waals surface area contributed by atoms with Crippen LogP contribution in [0.5, 0.6) is 5.75 Å². The second kappa shape index (κ2) is 6.01. The highest BCUT2D eigenvalue weighted by Crippen LogP contribution is 2.40. The van der Waals surface area contributed by atoms with Gasteiger partial charge in [0.2, 0.25) is 0 Å². The number of fused-ring (bicyclic) bond motifs is 2. The molecule has 0 aromatic heterocycles. The second-order valence-electron chi connectivity index (χ2n) is 8.46. The molecule has 0 spiro atoms. The van der Waals surface area contributed by atoms with Gasteiger partial charge in [0.1, 0.15) is 5.75 Å². The van der Waals surface area contributed by atoms with Gasteiger partial charge >= 0.3 is 0 Å². The van der Waals surface area contributed by atoms with Crippen LogP contribution in [0.1, 0.15) is 67.0 Å². The van der Waals surface area contributed by atoms with E-state index in [4.69, 9.17) is 4.99 Å². The van der Waals surface area contributed by atoms with Gasteiger partial charge in [0.25, 0.3) is 0 Å². The number of phenolic OH excluding ortho intramolecular Hbond substituents is 1. The van der Waals surface area contributed by atoms with Gasteiger partial charge in [0.15, 0.2) is 0 Å². The van der Waals surface area contributed by atoms with Crippen molar-refractivity contribution in [2.24, 2.45) is 4.99 Å². The smallest absolute Gasteiger partial charge is 0.128 e. The fourth-order valence-corrected chi connectivity index (χ4v) is 4.35. The summed E-state index contributed by atoms with van der Waals surface area (Å²) in [6.07, 6.45) is 9.02. The molecule has 0 unspecified atom stereocenters. The van der Waals surface area contributed by atoms with Gasteiger partial charge < -0.3 is 5.11 Å². The monoisotopic (exact) mass is 333 g/mol. The Morgan fingerprint density at radius 1 is 0.960 bits per heavy atom. The number of aromatic hydroxyl groups is 1. The third kappa shape index (κ3) is 2.88. The van der Waals surface area contributed by atoms with Crippen LogP contribution in [-0.2, 0) is 31.1 Å². The van der Waals surface area contributed by atoms with Crippen LogP contribution in [0, 0.1) is 0 Å². The summed E-state index contributed by atoms with van der Waals surface area (Å²) in [6, 6.07) is 8.41. The third-order valence-corrected chi connectivity index (χ3v) is 5.65. The van der Waals surface area contributed by atoms with Crippen molar-refractivity contribution in [3.8, 4) is 5.75 Å². The SMILES string of the molecule is CC(C)(C)c1cccc(C=Nc2c3c(cc4c2CCC4)CCC3)c1O. The Morgan fingerprint density at radius 2 is 1.60 bits per heavy atom. The molecule has 0 fully saturated rings. The van der Waals surface area contributed by atoms with E-state index in [-0.39, 0.29) is 5.41 Å². The quantitative estimate of drug-likeness (QED) is 0.732. The molecule has 0 radical (unpaired) electrons.